The topological polar surface area (TPSA) is 0 Å². The summed E-state index contributed by atoms with van der Waals surface area (Å²) >= 11 is 11.2. The molecule has 0 N–H and O–H groups in total. The number of halogens is 3. The zero-order valence-electron chi connectivity index (χ0n) is 4.47. The Morgan fingerprint density at radius 3 is 1.44 bits per heavy atom. The van der Waals surface area contributed by atoms with Crippen molar-refractivity contribution in [2.45, 2.75) is 0 Å². The molecule has 0 aliphatic carbocycles. The van der Waals surface area contributed by atoms with Gasteiger partial charge in [0.05, 0.1) is 10.0 Å². The second kappa shape index (κ2) is 3.70. The molecular weight excluding hydrogens is 162 g/mol. The van der Waals surface area contributed by atoms with E-state index in [-0.39, 0.29) is 4.70 Å². The molecule has 3 heteroatoms. The van der Waals surface area contributed by atoms with Crippen LogP contribution < -0.4 is 0 Å². The lowest BCUT2D eigenvalue weighted by Crippen LogP contribution is -1.62. The van der Waals surface area contributed by atoms with E-state index in [9.17, 15) is 0 Å². The third kappa shape index (κ3) is 2.20. The Hall–Kier alpha value is -0.270. The summed E-state index contributed by atoms with van der Waals surface area (Å²) in [6.07, 6.45) is 0. The molecule has 0 fully saturated rings. The molecule has 1 aromatic carbocycles. The smallest absolute Gasteiger partial charge is 0.0592 e. The van der Waals surface area contributed by atoms with Crippen LogP contribution in [-0.4, -0.2) is 0 Å². The maximum absolute atomic E-state index is 5.58. The summed E-state index contributed by atoms with van der Waals surface area (Å²) in [6, 6.07) is 7.19. The standard InChI is InChI=1S/C6H4Cl2.FH/c7-5-3-1-2-4-6(5)8;/h1-4H;1H. The SMILES string of the molecule is Clc1ccccc1Cl.F. The molecule has 1 aromatic rings. The van der Waals surface area contributed by atoms with Crippen molar-refractivity contribution in [2.24, 2.45) is 0 Å². The van der Waals surface area contributed by atoms with Crippen LogP contribution >= 0.6 is 23.2 Å². The average Bonchev–Trinajstić information content (AvgIpc) is 1.77. The monoisotopic (exact) mass is 166 g/mol. The van der Waals surface area contributed by atoms with Crippen LogP contribution in [0, 0.1) is 0 Å². The number of hydrogen-bond acceptors (Lipinski definition) is 0. The minimum atomic E-state index is 0. The van der Waals surface area contributed by atoms with Gasteiger partial charge in [0.25, 0.3) is 0 Å². The molecule has 0 saturated carbocycles. The van der Waals surface area contributed by atoms with Crippen LogP contribution in [0.5, 0.6) is 0 Å². The summed E-state index contributed by atoms with van der Waals surface area (Å²) in [4.78, 5) is 0. The summed E-state index contributed by atoms with van der Waals surface area (Å²) in [6.45, 7) is 0. The van der Waals surface area contributed by atoms with Gasteiger partial charge in [0.1, 0.15) is 0 Å². The second-order valence-corrected chi connectivity index (χ2v) is 2.23. The lowest BCUT2D eigenvalue weighted by atomic mass is 10.4. The maximum atomic E-state index is 5.58. The molecule has 0 amide bonds. The van der Waals surface area contributed by atoms with Gasteiger partial charge in [-0.05, 0) is 12.1 Å². The van der Waals surface area contributed by atoms with Gasteiger partial charge in [-0.25, -0.2) is 0 Å². The van der Waals surface area contributed by atoms with Gasteiger partial charge in [-0.2, -0.15) is 0 Å². The Morgan fingerprint density at radius 1 is 0.889 bits per heavy atom. The largest absolute Gasteiger partial charge is 0.269 e. The number of benzene rings is 1. The molecule has 0 unspecified atom stereocenters. The van der Waals surface area contributed by atoms with Gasteiger partial charge in [-0.15, -0.1) is 0 Å². The van der Waals surface area contributed by atoms with E-state index in [2.05, 4.69) is 0 Å². The predicted molar refractivity (Wildman–Crippen MR) is 39.0 cm³/mol. The Balaban J connectivity index is 0.000000640. The van der Waals surface area contributed by atoms with Crippen LogP contribution in [0.4, 0.5) is 4.70 Å². The minimum absolute atomic E-state index is 0. The molecule has 0 saturated heterocycles. The zero-order chi connectivity index (χ0) is 5.98. The van der Waals surface area contributed by atoms with E-state index in [1.165, 1.54) is 0 Å². The van der Waals surface area contributed by atoms with Gasteiger partial charge < -0.3 is 0 Å². The van der Waals surface area contributed by atoms with Crippen molar-refractivity contribution in [2.75, 3.05) is 0 Å². The highest BCUT2D eigenvalue weighted by molar-refractivity contribution is 6.41. The molecular formula is C6H5Cl2F. The third-order valence-corrected chi connectivity index (χ3v) is 1.58. The lowest BCUT2D eigenvalue weighted by molar-refractivity contribution is 1.11. The number of hydrogen-bond donors (Lipinski definition) is 0. The molecule has 0 aliphatic rings. The summed E-state index contributed by atoms with van der Waals surface area (Å²) in [5, 5.41) is 1.21. The van der Waals surface area contributed by atoms with Crippen LogP contribution in [0.15, 0.2) is 24.3 Å². The Labute approximate surface area is 62.8 Å². The van der Waals surface area contributed by atoms with Gasteiger partial charge in [0.15, 0.2) is 0 Å². The van der Waals surface area contributed by atoms with Gasteiger partial charge in [0.2, 0.25) is 0 Å². The first kappa shape index (κ1) is 8.73. The molecule has 0 aromatic heterocycles. The fourth-order valence-electron chi connectivity index (χ4n) is 0.439. The summed E-state index contributed by atoms with van der Waals surface area (Å²) < 4.78 is 0. The molecule has 0 heterocycles. The van der Waals surface area contributed by atoms with Gasteiger partial charge in [-0.1, -0.05) is 35.3 Å². The van der Waals surface area contributed by atoms with E-state index in [4.69, 9.17) is 23.2 Å². The van der Waals surface area contributed by atoms with Crippen molar-refractivity contribution in [3.63, 3.8) is 0 Å². The van der Waals surface area contributed by atoms with E-state index in [0.717, 1.165) is 0 Å². The van der Waals surface area contributed by atoms with Gasteiger partial charge >= 0.3 is 0 Å². The van der Waals surface area contributed by atoms with E-state index in [1.807, 2.05) is 12.1 Å². The lowest BCUT2D eigenvalue weighted by Gasteiger charge is -1.88. The van der Waals surface area contributed by atoms with E-state index in [1.54, 1.807) is 12.1 Å². The van der Waals surface area contributed by atoms with Crippen molar-refractivity contribution in [1.29, 1.82) is 0 Å². The van der Waals surface area contributed by atoms with Crippen molar-refractivity contribution in [1.82, 2.24) is 0 Å². The van der Waals surface area contributed by atoms with Gasteiger partial charge in [0, 0.05) is 0 Å². The Bertz CT molecular complexity index is 167. The fourth-order valence-corrected chi connectivity index (χ4v) is 0.711. The van der Waals surface area contributed by atoms with Gasteiger partial charge in [-0.3, -0.25) is 4.70 Å². The quantitative estimate of drug-likeness (QED) is 0.556. The average molecular weight is 167 g/mol. The molecule has 9 heavy (non-hydrogen) atoms. The molecule has 0 bridgehead atoms. The highest BCUT2D eigenvalue weighted by Gasteiger charge is 1.89. The van der Waals surface area contributed by atoms with Crippen LogP contribution in [-0.2, 0) is 0 Å². The van der Waals surface area contributed by atoms with Crippen molar-refractivity contribution in [3.8, 4) is 0 Å². The molecule has 0 radical (unpaired) electrons. The first-order valence-electron chi connectivity index (χ1n) is 2.21. The minimum Gasteiger partial charge on any atom is -0.269 e. The number of rotatable bonds is 0. The normalized spacial score (nSPS) is 8.22. The predicted octanol–water partition coefficient (Wildman–Crippen LogP) is 3.15. The zero-order valence-corrected chi connectivity index (χ0v) is 5.99. The fraction of sp³-hybridized carbons (Fsp3) is 0. The first-order chi connectivity index (χ1) is 3.80. The van der Waals surface area contributed by atoms with E-state index < -0.39 is 0 Å². The van der Waals surface area contributed by atoms with Crippen LogP contribution in [0.1, 0.15) is 0 Å². The Kier molecular flexibility index (Phi) is 3.59. The Morgan fingerprint density at radius 2 is 1.22 bits per heavy atom. The van der Waals surface area contributed by atoms with E-state index >= 15 is 0 Å². The molecule has 0 atom stereocenters. The van der Waals surface area contributed by atoms with E-state index in [0.29, 0.717) is 10.0 Å². The molecule has 0 nitrogen and oxygen atoms in total. The molecule has 50 valence electrons. The van der Waals surface area contributed by atoms with Crippen molar-refractivity contribution in [3.05, 3.63) is 34.3 Å². The van der Waals surface area contributed by atoms with Crippen molar-refractivity contribution < 1.29 is 4.70 Å². The molecule has 0 aliphatic heterocycles. The summed E-state index contributed by atoms with van der Waals surface area (Å²) in [5.74, 6) is 0. The molecule has 1 rings (SSSR count). The second-order valence-electron chi connectivity index (χ2n) is 1.41. The maximum Gasteiger partial charge on any atom is 0.0592 e. The first-order valence-corrected chi connectivity index (χ1v) is 2.96. The summed E-state index contributed by atoms with van der Waals surface area (Å²) in [7, 11) is 0. The van der Waals surface area contributed by atoms with Crippen LogP contribution in [0.25, 0.3) is 0 Å². The highest BCUT2D eigenvalue weighted by atomic mass is 35.5. The molecule has 0 spiro atoms. The highest BCUT2D eigenvalue weighted by Crippen LogP contribution is 2.19. The third-order valence-electron chi connectivity index (χ3n) is 0.824. The summed E-state index contributed by atoms with van der Waals surface area (Å²) in [5.41, 5.74) is 0. The van der Waals surface area contributed by atoms with Crippen LogP contribution in [0.3, 0.4) is 0 Å². The van der Waals surface area contributed by atoms with Crippen molar-refractivity contribution >= 4 is 23.2 Å². The van der Waals surface area contributed by atoms with Crippen LogP contribution in [0.2, 0.25) is 10.0 Å².